The van der Waals surface area contributed by atoms with E-state index in [0.717, 1.165) is 24.0 Å². The Balaban J connectivity index is 3.58. The third-order valence-corrected chi connectivity index (χ3v) is 6.59. The molecule has 1 rings (SSSR count). The maximum atomic E-state index is 14.3. The molecular weight excluding hydrogens is 454 g/mol. The van der Waals surface area contributed by atoms with Gasteiger partial charge in [0, 0.05) is 12.1 Å². The van der Waals surface area contributed by atoms with E-state index in [0.29, 0.717) is 12.8 Å². The molecule has 5 atom stereocenters. The number of benzene rings is 1. The molecule has 5 unspecified atom stereocenters. The summed E-state index contributed by atoms with van der Waals surface area (Å²) < 4.78 is 5.47. The lowest BCUT2D eigenvalue weighted by molar-refractivity contribution is -0.146. The molecule has 204 valence electrons. The molecule has 0 aliphatic carbocycles. The minimum absolute atomic E-state index is 0.0202. The zero-order chi connectivity index (χ0) is 27.6. The number of aryl methyl sites for hydroxylation is 1. The highest BCUT2D eigenvalue weighted by Crippen LogP contribution is 2.30. The number of rotatable bonds is 12. The van der Waals surface area contributed by atoms with E-state index >= 15 is 0 Å². The molecule has 1 aromatic rings. The number of carbonyl (C=O) groups excluding carboxylic acids is 3. The van der Waals surface area contributed by atoms with Crippen molar-refractivity contribution in [1.29, 1.82) is 0 Å². The number of ether oxygens (including phenoxy) is 1. The molecule has 0 spiro atoms. The van der Waals surface area contributed by atoms with Crippen LogP contribution in [0.5, 0.6) is 0 Å². The van der Waals surface area contributed by atoms with E-state index in [1.54, 1.807) is 25.7 Å². The third-order valence-electron chi connectivity index (χ3n) is 6.59. The summed E-state index contributed by atoms with van der Waals surface area (Å²) in [6.07, 6.45) is 2.49. The second-order valence-corrected chi connectivity index (χ2v) is 11.0. The highest BCUT2D eigenvalue weighted by atomic mass is 16.6. The first-order valence-corrected chi connectivity index (χ1v) is 13.4. The summed E-state index contributed by atoms with van der Waals surface area (Å²) in [7, 11) is 0. The van der Waals surface area contributed by atoms with Crippen LogP contribution >= 0.6 is 0 Å². The zero-order valence-corrected chi connectivity index (χ0v) is 24.1. The fourth-order valence-corrected chi connectivity index (χ4v) is 4.21. The molecule has 2 N–H and O–H groups in total. The Morgan fingerprint density at radius 3 is 2.08 bits per heavy atom. The van der Waals surface area contributed by atoms with Gasteiger partial charge in [0.2, 0.25) is 11.8 Å². The summed E-state index contributed by atoms with van der Waals surface area (Å²) in [6.45, 7) is 19.2. The van der Waals surface area contributed by atoms with E-state index in [1.807, 2.05) is 65.8 Å². The van der Waals surface area contributed by atoms with Crippen molar-refractivity contribution in [2.75, 3.05) is 0 Å². The summed E-state index contributed by atoms with van der Waals surface area (Å²) >= 11 is 0. The van der Waals surface area contributed by atoms with Gasteiger partial charge in [0.05, 0.1) is 0 Å². The van der Waals surface area contributed by atoms with Gasteiger partial charge in [-0.1, -0.05) is 64.8 Å². The number of amides is 3. The van der Waals surface area contributed by atoms with Gasteiger partial charge in [-0.25, -0.2) is 4.79 Å². The van der Waals surface area contributed by atoms with Crippen LogP contribution in [0.3, 0.4) is 0 Å². The summed E-state index contributed by atoms with van der Waals surface area (Å²) in [4.78, 5) is 42.5. The van der Waals surface area contributed by atoms with Gasteiger partial charge >= 0.3 is 6.09 Å². The molecule has 0 heterocycles. The largest absolute Gasteiger partial charge is 0.444 e. The molecule has 0 radical (unpaired) electrons. The second-order valence-electron chi connectivity index (χ2n) is 11.0. The molecule has 3 amide bonds. The van der Waals surface area contributed by atoms with Gasteiger partial charge in [0.1, 0.15) is 17.7 Å². The van der Waals surface area contributed by atoms with Crippen molar-refractivity contribution in [3.8, 4) is 0 Å². The fraction of sp³-hybridized carbons (Fsp3) is 0.690. The van der Waals surface area contributed by atoms with E-state index in [-0.39, 0.29) is 29.8 Å². The highest BCUT2D eigenvalue weighted by Gasteiger charge is 2.40. The second kappa shape index (κ2) is 14.2. The van der Waals surface area contributed by atoms with Crippen molar-refractivity contribution in [2.45, 2.75) is 125 Å². The van der Waals surface area contributed by atoms with Gasteiger partial charge in [-0.05, 0) is 71.4 Å². The molecule has 0 aromatic heterocycles. The Kier molecular flexibility index (Phi) is 12.4. The zero-order valence-electron chi connectivity index (χ0n) is 24.1. The molecule has 7 heteroatoms. The van der Waals surface area contributed by atoms with Crippen LogP contribution in [0.1, 0.15) is 105 Å². The molecule has 0 aliphatic rings. The van der Waals surface area contributed by atoms with Crippen molar-refractivity contribution in [3.05, 3.63) is 35.4 Å². The Hall–Kier alpha value is -2.57. The van der Waals surface area contributed by atoms with E-state index in [9.17, 15) is 14.4 Å². The summed E-state index contributed by atoms with van der Waals surface area (Å²) in [6, 6.07) is 5.78. The van der Waals surface area contributed by atoms with Gasteiger partial charge in [-0.3, -0.25) is 9.59 Å². The summed E-state index contributed by atoms with van der Waals surface area (Å²) in [5.41, 5.74) is 1.03. The van der Waals surface area contributed by atoms with Crippen LogP contribution in [-0.4, -0.2) is 46.5 Å². The first kappa shape index (κ1) is 31.5. The maximum Gasteiger partial charge on any atom is 0.408 e. The highest BCUT2D eigenvalue weighted by molar-refractivity contribution is 5.92. The average molecular weight is 504 g/mol. The molecule has 0 bridgehead atoms. The number of alkyl carbamates (subject to hydrolysis) is 1. The van der Waals surface area contributed by atoms with E-state index in [1.165, 1.54) is 0 Å². The van der Waals surface area contributed by atoms with Gasteiger partial charge in [0.15, 0.2) is 0 Å². The molecule has 36 heavy (non-hydrogen) atoms. The fourth-order valence-electron chi connectivity index (χ4n) is 4.21. The van der Waals surface area contributed by atoms with Crippen molar-refractivity contribution in [2.24, 2.45) is 5.92 Å². The standard InChI is InChI=1S/C29H49N3O4/c1-11-16-21(6)30-26(33)25(23-18-15-14-17-20(23)5)32(22(7)13-3)27(34)24(19(4)12-2)31-28(35)36-29(8,9)10/h14-15,17-19,21-22,24-25H,11-13,16H2,1-10H3,(H,30,33)(H,31,35). The lowest BCUT2D eigenvalue weighted by Crippen LogP contribution is -2.57. The van der Waals surface area contributed by atoms with Crippen LogP contribution in [0.15, 0.2) is 24.3 Å². The number of nitrogens with zero attached hydrogens (tertiary/aromatic N) is 1. The third kappa shape index (κ3) is 9.14. The Morgan fingerprint density at radius 1 is 0.972 bits per heavy atom. The summed E-state index contributed by atoms with van der Waals surface area (Å²) in [5, 5.41) is 5.95. The normalized spacial score (nSPS) is 15.7. The molecular formula is C29H49N3O4. The number of hydrogen-bond donors (Lipinski definition) is 2. The molecule has 0 aliphatic heterocycles. The predicted molar refractivity (Wildman–Crippen MR) is 146 cm³/mol. The molecule has 1 aromatic carbocycles. The van der Waals surface area contributed by atoms with Crippen molar-refractivity contribution in [3.63, 3.8) is 0 Å². The van der Waals surface area contributed by atoms with Gasteiger partial charge in [-0.2, -0.15) is 0 Å². The van der Waals surface area contributed by atoms with Gasteiger partial charge in [-0.15, -0.1) is 0 Å². The monoisotopic (exact) mass is 503 g/mol. The van der Waals surface area contributed by atoms with E-state index in [2.05, 4.69) is 17.6 Å². The minimum Gasteiger partial charge on any atom is -0.444 e. The Morgan fingerprint density at radius 2 is 1.58 bits per heavy atom. The number of carbonyl (C=O) groups is 3. The Labute approximate surface area is 218 Å². The topological polar surface area (TPSA) is 87.7 Å². The van der Waals surface area contributed by atoms with Gasteiger partial charge in [0.25, 0.3) is 0 Å². The van der Waals surface area contributed by atoms with Crippen molar-refractivity contribution < 1.29 is 19.1 Å². The Bertz CT molecular complexity index is 864. The lowest BCUT2D eigenvalue weighted by atomic mass is 9.92. The molecule has 0 fully saturated rings. The van der Waals surface area contributed by atoms with Crippen LogP contribution in [-0.2, 0) is 14.3 Å². The maximum absolute atomic E-state index is 14.3. The van der Waals surface area contributed by atoms with Crippen LogP contribution in [0.2, 0.25) is 0 Å². The van der Waals surface area contributed by atoms with Crippen molar-refractivity contribution >= 4 is 17.9 Å². The number of hydrogen-bond acceptors (Lipinski definition) is 4. The van der Waals surface area contributed by atoms with Crippen LogP contribution in [0.25, 0.3) is 0 Å². The molecule has 0 saturated carbocycles. The SMILES string of the molecule is CCCC(C)NC(=O)C(c1ccccc1C)N(C(=O)C(NC(=O)OC(C)(C)C)C(C)CC)C(C)CC. The van der Waals surface area contributed by atoms with Crippen LogP contribution in [0, 0.1) is 12.8 Å². The predicted octanol–water partition coefficient (Wildman–Crippen LogP) is 5.91. The van der Waals surface area contributed by atoms with E-state index < -0.39 is 23.8 Å². The van der Waals surface area contributed by atoms with Crippen LogP contribution in [0.4, 0.5) is 4.79 Å². The summed E-state index contributed by atoms with van der Waals surface area (Å²) in [5.74, 6) is -0.647. The number of nitrogens with one attached hydrogen (secondary N) is 2. The lowest BCUT2D eigenvalue weighted by Gasteiger charge is -2.40. The average Bonchev–Trinajstić information content (AvgIpc) is 2.79. The molecule has 0 saturated heterocycles. The van der Waals surface area contributed by atoms with Gasteiger partial charge < -0.3 is 20.3 Å². The van der Waals surface area contributed by atoms with Crippen LogP contribution < -0.4 is 10.6 Å². The smallest absolute Gasteiger partial charge is 0.408 e. The van der Waals surface area contributed by atoms with E-state index in [4.69, 9.17) is 4.74 Å². The quantitative estimate of drug-likeness (QED) is 0.371. The minimum atomic E-state index is -0.828. The van der Waals surface area contributed by atoms with Crippen molar-refractivity contribution in [1.82, 2.24) is 15.5 Å². The molecule has 7 nitrogen and oxygen atoms in total. The first-order valence-electron chi connectivity index (χ1n) is 13.4. The first-order chi connectivity index (χ1) is 16.8.